The van der Waals surface area contributed by atoms with Crippen molar-refractivity contribution >= 4 is 28.6 Å². The zero-order chi connectivity index (χ0) is 20.3. The number of nitrogens with zero attached hydrogens (tertiary/aromatic N) is 6. The second kappa shape index (κ2) is 8.19. The van der Waals surface area contributed by atoms with E-state index in [0.717, 1.165) is 55.0 Å². The Bertz CT molecular complexity index is 923. The molecule has 3 heterocycles. The van der Waals surface area contributed by atoms with E-state index < -0.39 is 11.7 Å². The average Bonchev–Trinajstić information content (AvgIpc) is 3.22. The molecular formula is C18H18F3N7S. The predicted molar refractivity (Wildman–Crippen MR) is 105 cm³/mol. The fraction of sp³-hybridized carbons (Fsp3) is 0.333. The van der Waals surface area contributed by atoms with Crippen LogP contribution >= 0.6 is 11.5 Å². The van der Waals surface area contributed by atoms with Gasteiger partial charge in [-0.1, -0.05) is 12.1 Å². The van der Waals surface area contributed by atoms with Crippen LogP contribution in [-0.4, -0.2) is 45.5 Å². The second-order valence-corrected chi connectivity index (χ2v) is 7.20. The molecule has 152 valence electrons. The van der Waals surface area contributed by atoms with E-state index in [1.165, 1.54) is 23.7 Å². The predicted octanol–water partition coefficient (Wildman–Crippen LogP) is 3.29. The Morgan fingerprint density at radius 3 is 2.28 bits per heavy atom. The van der Waals surface area contributed by atoms with Gasteiger partial charge in [-0.25, -0.2) is 9.97 Å². The van der Waals surface area contributed by atoms with Crippen LogP contribution in [-0.2, 0) is 12.7 Å². The fourth-order valence-electron chi connectivity index (χ4n) is 2.96. The topological polar surface area (TPSA) is 70.1 Å². The van der Waals surface area contributed by atoms with Crippen molar-refractivity contribution in [1.82, 2.24) is 19.3 Å². The molecule has 0 bridgehead atoms. The number of alkyl halides is 3. The van der Waals surface area contributed by atoms with Gasteiger partial charge >= 0.3 is 6.18 Å². The Morgan fingerprint density at radius 1 is 0.966 bits per heavy atom. The molecule has 0 amide bonds. The average molecular weight is 421 g/mol. The number of nitrogens with one attached hydrogen (secondary N) is 1. The Labute approximate surface area is 169 Å². The highest BCUT2D eigenvalue weighted by atomic mass is 32.1. The summed E-state index contributed by atoms with van der Waals surface area (Å²) in [5.41, 5.74) is 0.0705. The second-order valence-electron chi connectivity index (χ2n) is 6.47. The van der Waals surface area contributed by atoms with Gasteiger partial charge in [0.15, 0.2) is 0 Å². The number of benzene rings is 1. The van der Waals surface area contributed by atoms with Crippen molar-refractivity contribution in [3.63, 3.8) is 0 Å². The van der Waals surface area contributed by atoms with Crippen molar-refractivity contribution in [2.45, 2.75) is 12.7 Å². The third-order valence-corrected chi connectivity index (χ3v) is 5.31. The van der Waals surface area contributed by atoms with Crippen LogP contribution in [0.2, 0.25) is 0 Å². The molecule has 1 aromatic carbocycles. The first kappa shape index (κ1) is 19.4. The van der Waals surface area contributed by atoms with Crippen molar-refractivity contribution in [3.8, 4) is 0 Å². The molecule has 3 aromatic rings. The fourth-order valence-corrected chi connectivity index (χ4v) is 3.66. The van der Waals surface area contributed by atoms with Crippen molar-refractivity contribution in [3.05, 3.63) is 53.9 Å². The van der Waals surface area contributed by atoms with Gasteiger partial charge in [0.05, 0.1) is 5.56 Å². The van der Waals surface area contributed by atoms with E-state index >= 15 is 0 Å². The maximum absolute atomic E-state index is 12.6. The Balaban J connectivity index is 1.30. The molecule has 0 radical (unpaired) electrons. The van der Waals surface area contributed by atoms with Crippen LogP contribution in [0.15, 0.2) is 42.7 Å². The molecule has 0 saturated carbocycles. The summed E-state index contributed by atoms with van der Waals surface area (Å²) in [5, 5.41) is 3.88. The van der Waals surface area contributed by atoms with Crippen LogP contribution in [0.5, 0.6) is 0 Å². The van der Waals surface area contributed by atoms with Crippen LogP contribution in [0.1, 0.15) is 11.1 Å². The maximum Gasteiger partial charge on any atom is 0.416 e. The molecule has 1 aliphatic rings. The van der Waals surface area contributed by atoms with Crippen LogP contribution < -0.4 is 15.1 Å². The maximum atomic E-state index is 12.6. The Morgan fingerprint density at radius 2 is 1.62 bits per heavy atom. The number of hydrogen-bond donors (Lipinski definition) is 1. The van der Waals surface area contributed by atoms with Gasteiger partial charge in [-0.2, -0.15) is 22.5 Å². The van der Waals surface area contributed by atoms with E-state index in [-0.39, 0.29) is 0 Å². The number of aromatic nitrogens is 4. The molecule has 29 heavy (non-hydrogen) atoms. The van der Waals surface area contributed by atoms with Crippen LogP contribution in [0.4, 0.5) is 30.2 Å². The molecule has 0 spiro atoms. The quantitative estimate of drug-likeness (QED) is 0.678. The smallest absolute Gasteiger partial charge is 0.349 e. The molecule has 1 saturated heterocycles. The van der Waals surface area contributed by atoms with E-state index in [4.69, 9.17) is 0 Å². The SMILES string of the molecule is FC(F)(F)c1ccc(CNc2nsc(N3CCN(c4ncccn4)CC3)n2)cc1. The highest BCUT2D eigenvalue weighted by Crippen LogP contribution is 2.29. The van der Waals surface area contributed by atoms with Crippen molar-refractivity contribution < 1.29 is 13.2 Å². The summed E-state index contributed by atoms with van der Waals surface area (Å²) in [6.07, 6.45) is -0.865. The highest BCUT2D eigenvalue weighted by molar-refractivity contribution is 7.09. The molecule has 0 unspecified atom stereocenters. The number of rotatable bonds is 5. The molecule has 2 aromatic heterocycles. The van der Waals surface area contributed by atoms with Gasteiger partial charge in [-0.15, -0.1) is 0 Å². The lowest BCUT2D eigenvalue weighted by Gasteiger charge is -2.34. The van der Waals surface area contributed by atoms with E-state index in [2.05, 4.69) is 34.4 Å². The lowest BCUT2D eigenvalue weighted by atomic mass is 10.1. The molecule has 1 fully saturated rings. The van der Waals surface area contributed by atoms with Gasteiger partial charge in [0, 0.05) is 56.6 Å². The first-order valence-electron chi connectivity index (χ1n) is 9.00. The lowest BCUT2D eigenvalue weighted by molar-refractivity contribution is -0.137. The normalized spacial score (nSPS) is 14.9. The van der Waals surface area contributed by atoms with Crippen molar-refractivity contribution in [2.75, 3.05) is 41.3 Å². The number of hydrogen-bond acceptors (Lipinski definition) is 8. The number of anilines is 3. The van der Waals surface area contributed by atoms with Gasteiger partial charge in [0.1, 0.15) is 0 Å². The molecule has 0 atom stereocenters. The zero-order valence-electron chi connectivity index (χ0n) is 15.3. The molecule has 7 nitrogen and oxygen atoms in total. The zero-order valence-corrected chi connectivity index (χ0v) is 16.1. The van der Waals surface area contributed by atoms with Crippen LogP contribution in [0, 0.1) is 0 Å². The monoisotopic (exact) mass is 421 g/mol. The standard InChI is InChI=1S/C18H18F3N7S/c19-18(20,21)14-4-2-13(3-5-14)12-24-15-25-17(29-26-15)28-10-8-27(9-11-28)16-22-6-1-7-23-16/h1-7H,8-12H2,(H,24,26). The minimum absolute atomic E-state index is 0.355. The van der Waals surface area contributed by atoms with E-state index in [9.17, 15) is 13.2 Å². The first-order valence-corrected chi connectivity index (χ1v) is 9.77. The Kier molecular flexibility index (Phi) is 5.47. The van der Waals surface area contributed by atoms with Crippen LogP contribution in [0.3, 0.4) is 0 Å². The van der Waals surface area contributed by atoms with E-state index in [1.54, 1.807) is 18.5 Å². The van der Waals surface area contributed by atoms with Gasteiger partial charge in [0.2, 0.25) is 17.0 Å². The molecule has 0 aliphatic carbocycles. The highest BCUT2D eigenvalue weighted by Gasteiger charge is 2.29. The summed E-state index contributed by atoms with van der Waals surface area (Å²) >= 11 is 1.30. The lowest BCUT2D eigenvalue weighted by Crippen LogP contribution is -2.47. The molecular weight excluding hydrogens is 403 g/mol. The molecule has 11 heteroatoms. The minimum atomic E-state index is -4.33. The minimum Gasteiger partial charge on any atom is -0.349 e. The molecule has 1 N–H and O–H groups in total. The van der Waals surface area contributed by atoms with Gasteiger partial charge in [0.25, 0.3) is 0 Å². The van der Waals surface area contributed by atoms with E-state index in [1.807, 2.05) is 0 Å². The molecule has 4 rings (SSSR count). The van der Waals surface area contributed by atoms with E-state index in [0.29, 0.717) is 12.5 Å². The molecule has 1 aliphatic heterocycles. The number of halogens is 3. The summed E-state index contributed by atoms with van der Waals surface area (Å²) in [7, 11) is 0. The van der Waals surface area contributed by atoms with Gasteiger partial charge in [-0.3, -0.25) is 0 Å². The summed E-state index contributed by atoms with van der Waals surface area (Å²) in [6, 6.07) is 6.85. The Hall–Kier alpha value is -2.95. The number of piperazine rings is 1. The third kappa shape index (κ3) is 4.73. The van der Waals surface area contributed by atoms with Crippen molar-refractivity contribution in [2.24, 2.45) is 0 Å². The first-order chi connectivity index (χ1) is 14.0. The summed E-state index contributed by atoms with van der Waals surface area (Å²) < 4.78 is 42.2. The third-order valence-electron chi connectivity index (χ3n) is 4.53. The largest absolute Gasteiger partial charge is 0.416 e. The van der Waals surface area contributed by atoms with Crippen LogP contribution in [0.25, 0.3) is 0 Å². The van der Waals surface area contributed by atoms with Gasteiger partial charge in [-0.05, 0) is 23.8 Å². The summed E-state index contributed by atoms with van der Waals surface area (Å²) in [6.45, 7) is 3.50. The van der Waals surface area contributed by atoms with Crippen molar-refractivity contribution in [1.29, 1.82) is 0 Å². The summed E-state index contributed by atoms with van der Waals surface area (Å²) in [5.74, 6) is 1.20. The van der Waals surface area contributed by atoms with Gasteiger partial charge < -0.3 is 15.1 Å². The summed E-state index contributed by atoms with van der Waals surface area (Å²) in [4.78, 5) is 17.3.